The van der Waals surface area contributed by atoms with Gasteiger partial charge in [0.15, 0.2) is 0 Å². The fourth-order valence-corrected chi connectivity index (χ4v) is 3.33. The molecule has 1 saturated heterocycles. The minimum Gasteiger partial charge on any atom is -0.381 e. The Morgan fingerprint density at radius 1 is 1.13 bits per heavy atom. The Morgan fingerprint density at radius 2 is 1.87 bits per heavy atom. The van der Waals surface area contributed by atoms with Crippen LogP contribution in [0.1, 0.15) is 42.5 Å². The second kappa shape index (κ2) is 7.44. The molecule has 0 bridgehead atoms. The number of nitrogens with one attached hydrogen (secondary N) is 1. The Morgan fingerprint density at radius 3 is 2.57 bits per heavy atom. The van der Waals surface area contributed by atoms with Gasteiger partial charge in [-0.3, -0.25) is 14.6 Å². The number of hydrogen-bond acceptors (Lipinski definition) is 4. The second-order valence-corrected chi connectivity index (χ2v) is 6.38. The minimum absolute atomic E-state index is 0.00431. The molecule has 1 aliphatic carbocycles. The fraction of sp³-hybridized carbons (Fsp3) is 0.588. The van der Waals surface area contributed by atoms with Crippen molar-refractivity contribution in [2.24, 2.45) is 0 Å². The van der Waals surface area contributed by atoms with Crippen molar-refractivity contribution >= 4 is 18.0 Å². The first-order valence-corrected chi connectivity index (χ1v) is 8.46. The summed E-state index contributed by atoms with van der Waals surface area (Å²) in [5, 5.41) is 3.51. The highest BCUT2D eigenvalue weighted by Crippen LogP contribution is 2.22. The van der Waals surface area contributed by atoms with E-state index in [1.807, 2.05) is 6.07 Å². The average Bonchev–Trinajstić information content (AvgIpc) is 2.62. The zero-order valence-electron chi connectivity index (χ0n) is 13.4. The molecule has 1 N–H and O–H groups in total. The van der Waals surface area contributed by atoms with Crippen LogP contribution >= 0.6 is 0 Å². The van der Waals surface area contributed by atoms with E-state index in [0.717, 1.165) is 12.1 Å². The van der Waals surface area contributed by atoms with E-state index in [-0.39, 0.29) is 5.91 Å². The summed E-state index contributed by atoms with van der Waals surface area (Å²) in [5.41, 5.74) is 1.54. The SMILES string of the molecule is O=CN1CCN(C(=O)c2cncc(NC3CCCCC3)c2)CC1. The third-order valence-corrected chi connectivity index (χ3v) is 4.71. The Labute approximate surface area is 136 Å². The van der Waals surface area contributed by atoms with Gasteiger partial charge in [0.05, 0.1) is 11.3 Å². The highest BCUT2D eigenvalue weighted by atomic mass is 16.2. The van der Waals surface area contributed by atoms with Crippen LogP contribution in [0.2, 0.25) is 0 Å². The largest absolute Gasteiger partial charge is 0.381 e. The number of aromatic nitrogens is 1. The van der Waals surface area contributed by atoms with Crippen LogP contribution in [-0.4, -0.2) is 59.3 Å². The van der Waals surface area contributed by atoms with E-state index < -0.39 is 0 Å². The van der Waals surface area contributed by atoms with Gasteiger partial charge in [0.25, 0.3) is 5.91 Å². The number of anilines is 1. The molecule has 23 heavy (non-hydrogen) atoms. The standard InChI is InChI=1S/C17H24N4O2/c22-13-20-6-8-21(9-7-20)17(23)14-10-16(12-18-11-14)19-15-4-2-1-3-5-15/h10-13,15,19H,1-9H2. The minimum atomic E-state index is -0.00431. The van der Waals surface area contributed by atoms with Crippen LogP contribution in [0.25, 0.3) is 0 Å². The predicted molar refractivity (Wildman–Crippen MR) is 88.3 cm³/mol. The van der Waals surface area contributed by atoms with E-state index in [1.165, 1.54) is 32.1 Å². The van der Waals surface area contributed by atoms with Gasteiger partial charge in [-0.05, 0) is 18.9 Å². The third-order valence-electron chi connectivity index (χ3n) is 4.71. The molecule has 1 saturated carbocycles. The van der Waals surface area contributed by atoms with Gasteiger partial charge in [0.2, 0.25) is 6.41 Å². The molecular formula is C17H24N4O2. The summed E-state index contributed by atoms with van der Waals surface area (Å²) in [6.07, 6.45) is 10.5. The van der Waals surface area contributed by atoms with E-state index in [4.69, 9.17) is 0 Å². The molecule has 0 aromatic carbocycles. The summed E-state index contributed by atoms with van der Waals surface area (Å²) in [7, 11) is 0. The highest BCUT2D eigenvalue weighted by Gasteiger charge is 2.22. The molecule has 0 unspecified atom stereocenters. The first kappa shape index (κ1) is 15.8. The van der Waals surface area contributed by atoms with E-state index >= 15 is 0 Å². The summed E-state index contributed by atoms with van der Waals surface area (Å²) >= 11 is 0. The van der Waals surface area contributed by atoms with Gasteiger partial charge in [-0.15, -0.1) is 0 Å². The van der Waals surface area contributed by atoms with E-state index in [2.05, 4.69) is 10.3 Å². The van der Waals surface area contributed by atoms with Crippen LogP contribution in [0.3, 0.4) is 0 Å². The maximum absolute atomic E-state index is 12.6. The van der Waals surface area contributed by atoms with Gasteiger partial charge in [-0.1, -0.05) is 19.3 Å². The highest BCUT2D eigenvalue weighted by molar-refractivity contribution is 5.94. The van der Waals surface area contributed by atoms with Crippen molar-refractivity contribution in [2.75, 3.05) is 31.5 Å². The number of pyridine rings is 1. The monoisotopic (exact) mass is 316 g/mol. The first-order chi connectivity index (χ1) is 11.3. The van der Waals surface area contributed by atoms with Crippen molar-refractivity contribution in [2.45, 2.75) is 38.1 Å². The normalized spacial score (nSPS) is 19.5. The third kappa shape index (κ3) is 4.00. The van der Waals surface area contributed by atoms with Gasteiger partial charge in [0.1, 0.15) is 0 Å². The zero-order valence-corrected chi connectivity index (χ0v) is 13.4. The molecule has 2 heterocycles. The molecule has 1 aromatic heterocycles. The maximum Gasteiger partial charge on any atom is 0.255 e. The van der Waals surface area contributed by atoms with Crippen molar-refractivity contribution in [3.8, 4) is 0 Å². The summed E-state index contributed by atoms with van der Waals surface area (Å²) in [4.78, 5) is 31.0. The Kier molecular flexibility index (Phi) is 5.10. The number of amides is 2. The van der Waals surface area contributed by atoms with Gasteiger partial charge in [0, 0.05) is 44.6 Å². The van der Waals surface area contributed by atoms with Crippen LogP contribution < -0.4 is 5.32 Å². The lowest BCUT2D eigenvalue weighted by atomic mass is 9.95. The van der Waals surface area contributed by atoms with Crippen LogP contribution in [0.4, 0.5) is 5.69 Å². The Bertz CT molecular complexity index is 549. The van der Waals surface area contributed by atoms with Gasteiger partial charge in [-0.2, -0.15) is 0 Å². The van der Waals surface area contributed by atoms with Crippen LogP contribution in [0.15, 0.2) is 18.5 Å². The second-order valence-electron chi connectivity index (χ2n) is 6.38. The van der Waals surface area contributed by atoms with Crippen molar-refractivity contribution in [1.82, 2.24) is 14.8 Å². The van der Waals surface area contributed by atoms with Gasteiger partial charge in [-0.25, -0.2) is 0 Å². The van der Waals surface area contributed by atoms with Crippen molar-refractivity contribution < 1.29 is 9.59 Å². The number of nitrogens with zero attached hydrogens (tertiary/aromatic N) is 3. The van der Waals surface area contributed by atoms with Crippen molar-refractivity contribution in [1.29, 1.82) is 0 Å². The summed E-state index contributed by atoms with van der Waals surface area (Å²) < 4.78 is 0. The number of rotatable bonds is 4. The maximum atomic E-state index is 12.6. The van der Waals surface area contributed by atoms with Crippen LogP contribution in [-0.2, 0) is 4.79 Å². The topological polar surface area (TPSA) is 65.5 Å². The van der Waals surface area contributed by atoms with Gasteiger partial charge < -0.3 is 15.1 Å². The fourth-order valence-electron chi connectivity index (χ4n) is 3.33. The molecule has 1 aromatic rings. The molecule has 2 amide bonds. The number of piperazine rings is 1. The van der Waals surface area contributed by atoms with Crippen molar-refractivity contribution in [3.05, 3.63) is 24.0 Å². The zero-order chi connectivity index (χ0) is 16.1. The molecule has 3 rings (SSSR count). The molecule has 2 fully saturated rings. The van der Waals surface area contributed by atoms with E-state index in [9.17, 15) is 9.59 Å². The molecule has 0 atom stereocenters. The van der Waals surface area contributed by atoms with Crippen LogP contribution in [0.5, 0.6) is 0 Å². The molecular weight excluding hydrogens is 292 g/mol. The van der Waals surface area contributed by atoms with Crippen LogP contribution in [0, 0.1) is 0 Å². The van der Waals surface area contributed by atoms with Gasteiger partial charge >= 0.3 is 0 Å². The van der Waals surface area contributed by atoms with Crippen molar-refractivity contribution in [3.63, 3.8) is 0 Å². The summed E-state index contributed by atoms with van der Waals surface area (Å²) in [5.74, 6) is -0.00431. The quantitative estimate of drug-likeness (QED) is 0.859. The number of carbonyl (C=O) groups is 2. The lowest BCUT2D eigenvalue weighted by molar-refractivity contribution is -0.119. The molecule has 0 radical (unpaired) electrons. The lowest BCUT2D eigenvalue weighted by Gasteiger charge is -2.32. The molecule has 0 spiro atoms. The summed E-state index contributed by atoms with van der Waals surface area (Å²) in [6, 6.07) is 2.39. The molecule has 2 aliphatic rings. The smallest absolute Gasteiger partial charge is 0.255 e. The number of hydrogen-bond donors (Lipinski definition) is 1. The van der Waals surface area contributed by atoms with E-state index in [1.54, 1.807) is 22.2 Å². The summed E-state index contributed by atoms with van der Waals surface area (Å²) in [6.45, 7) is 2.36. The number of carbonyl (C=O) groups excluding carboxylic acids is 2. The molecule has 6 heteroatoms. The average molecular weight is 316 g/mol. The molecule has 124 valence electrons. The Hall–Kier alpha value is -2.11. The lowest BCUT2D eigenvalue weighted by Crippen LogP contribution is -2.48. The Balaban J connectivity index is 1.62. The first-order valence-electron chi connectivity index (χ1n) is 8.46. The molecule has 1 aliphatic heterocycles. The predicted octanol–water partition coefficient (Wildman–Crippen LogP) is 1.74. The van der Waals surface area contributed by atoms with E-state index in [0.29, 0.717) is 37.8 Å². The molecule has 6 nitrogen and oxygen atoms in total.